The van der Waals surface area contributed by atoms with Gasteiger partial charge in [-0.15, -0.1) is 93.4 Å². The molecule has 0 fully saturated rings. The summed E-state index contributed by atoms with van der Waals surface area (Å²) < 4.78 is 0. The predicted molar refractivity (Wildman–Crippen MR) is 231 cm³/mol. The van der Waals surface area contributed by atoms with Crippen molar-refractivity contribution in [2.24, 2.45) is 0 Å². The molecule has 0 saturated carbocycles. The molecule has 0 aromatic heterocycles. The van der Waals surface area contributed by atoms with Gasteiger partial charge in [-0.25, -0.2) is 0 Å². The van der Waals surface area contributed by atoms with Gasteiger partial charge in [0.2, 0.25) is 0 Å². The molecule has 51 heavy (non-hydrogen) atoms. The van der Waals surface area contributed by atoms with E-state index in [9.17, 15) is 0 Å². The van der Waals surface area contributed by atoms with Crippen molar-refractivity contribution >= 4 is 53.2 Å². The van der Waals surface area contributed by atoms with E-state index in [0.29, 0.717) is 5.92 Å². The van der Waals surface area contributed by atoms with E-state index in [2.05, 4.69) is 178 Å². The van der Waals surface area contributed by atoms with Crippen molar-refractivity contribution in [1.29, 1.82) is 0 Å². The Morgan fingerprint density at radius 2 is 1.10 bits per heavy atom. The van der Waals surface area contributed by atoms with E-state index < -0.39 is 0 Å². The summed E-state index contributed by atoms with van der Waals surface area (Å²) in [5, 5.41) is 5.51. The molecule has 0 unspecified atom stereocenters. The van der Waals surface area contributed by atoms with E-state index >= 15 is 0 Å². The second-order valence-corrected chi connectivity index (χ2v) is 15.2. The molecule has 2 radical (unpaired) electrons. The molecule has 0 heterocycles. The number of aryl methyl sites for hydroxylation is 2. The molecular weight excluding hydrogens is 755 g/mol. The number of allylic oxidation sites excluding steroid dienone is 2. The second-order valence-electron chi connectivity index (χ2n) is 15.2. The van der Waals surface area contributed by atoms with Crippen LogP contribution >= 0.6 is 24.8 Å². The number of rotatable bonds is 3. The van der Waals surface area contributed by atoms with Gasteiger partial charge >= 0.3 is 30.2 Å². The fourth-order valence-corrected chi connectivity index (χ4v) is 6.78. The van der Waals surface area contributed by atoms with E-state index in [0.717, 1.165) is 0 Å². The zero-order chi connectivity index (χ0) is 33.9. The van der Waals surface area contributed by atoms with Crippen molar-refractivity contribution in [1.82, 2.24) is 0 Å². The Hall–Kier alpha value is -2.48. The number of halogens is 2. The minimum absolute atomic E-state index is 0. The van der Waals surface area contributed by atoms with E-state index in [1.807, 2.05) is 0 Å². The molecule has 6 aromatic rings. The summed E-state index contributed by atoms with van der Waals surface area (Å²) in [6.07, 6.45) is 7.00. The van der Waals surface area contributed by atoms with Gasteiger partial charge < -0.3 is 14.9 Å². The van der Waals surface area contributed by atoms with Crippen LogP contribution in [0.1, 0.15) is 88.1 Å². The number of benzene rings is 4. The van der Waals surface area contributed by atoms with Crippen molar-refractivity contribution < 1.29 is 23.3 Å². The molecule has 4 heteroatoms. The summed E-state index contributed by atoms with van der Waals surface area (Å²) in [5.74, 6) is 0.675. The van der Waals surface area contributed by atoms with Gasteiger partial charge in [0, 0.05) is 0 Å². The number of fused-ring (bicyclic) bond motifs is 2. The monoisotopic (exact) mass is 808 g/mol. The zero-order valence-corrected chi connectivity index (χ0v) is 37.4. The second kappa shape index (κ2) is 19.6. The van der Waals surface area contributed by atoms with Gasteiger partial charge in [0.05, 0.1) is 0 Å². The average molecular weight is 811 g/mol. The van der Waals surface area contributed by atoms with Crippen molar-refractivity contribution in [2.45, 2.75) is 85.0 Å². The first kappa shape index (κ1) is 46.5. The topological polar surface area (TPSA) is 0 Å². The molecule has 0 aliphatic heterocycles. The molecule has 0 atom stereocenters. The Morgan fingerprint density at radius 1 is 0.608 bits per heavy atom. The van der Waals surface area contributed by atoms with Crippen molar-refractivity contribution in [2.75, 3.05) is 0 Å². The van der Waals surface area contributed by atoms with Gasteiger partial charge in [0.25, 0.3) is 0 Å². The van der Waals surface area contributed by atoms with Crippen LogP contribution in [-0.4, -0.2) is 6.88 Å². The third kappa shape index (κ3) is 10.8. The molecule has 0 bridgehead atoms. The third-order valence-corrected chi connectivity index (χ3v) is 9.63. The quantitative estimate of drug-likeness (QED) is 0.0949. The fourth-order valence-electron chi connectivity index (χ4n) is 6.78. The predicted octanol–water partition coefficient (Wildman–Crippen LogP) is 14.5. The number of hydrogen-bond donors (Lipinski definition) is 0. The van der Waals surface area contributed by atoms with Gasteiger partial charge in [-0.3, -0.25) is 0 Å². The molecule has 0 N–H and O–H groups in total. The summed E-state index contributed by atoms with van der Waals surface area (Å²) in [4.78, 5) is 0. The summed E-state index contributed by atoms with van der Waals surface area (Å²) in [6.45, 7) is 21.0. The Bertz CT molecular complexity index is 1990. The molecule has 0 saturated heterocycles. The summed E-state index contributed by atoms with van der Waals surface area (Å²) in [7, 11) is 0. The third-order valence-electron chi connectivity index (χ3n) is 9.63. The first-order valence-electron chi connectivity index (χ1n) is 16.9. The zero-order valence-electron chi connectivity index (χ0n) is 32.3. The Labute approximate surface area is 339 Å². The van der Waals surface area contributed by atoms with Crippen LogP contribution in [0.4, 0.5) is 0 Å². The molecule has 270 valence electrons. The van der Waals surface area contributed by atoms with E-state index in [1.165, 1.54) is 108 Å². The first-order valence-corrected chi connectivity index (χ1v) is 21.0. The maximum absolute atomic E-state index is 3.06. The molecule has 1 aliphatic rings. The van der Waals surface area contributed by atoms with Crippen molar-refractivity contribution in [3.05, 3.63) is 158 Å². The van der Waals surface area contributed by atoms with Crippen LogP contribution in [0.2, 0.25) is 0 Å². The normalized spacial score (nSPS) is 12.3. The van der Waals surface area contributed by atoms with E-state index in [1.54, 1.807) is 0 Å². The molecular formula is C47H56Cl2SiZr-4. The summed E-state index contributed by atoms with van der Waals surface area (Å²) in [6, 6.07) is 38.7. The van der Waals surface area contributed by atoms with Gasteiger partial charge in [0.1, 0.15) is 0 Å². The Kier molecular flexibility index (Phi) is 17.8. The SMILES string of the molecule is CC(C)(C)c1ccc(-c2cccc3[cH-]c(C4CC=CC4)cc23)cc1.Cc1cc2c(-c3ccc(C(C)(C)C)cc3)ccc(C)c2[cH-]1.Cl.Cl.[CH3-].[CH3-].[Si]=[Zr]. The molecule has 1 aliphatic carbocycles. The van der Waals surface area contributed by atoms with Crippen LogP contribution in [0.25, 0.3) is 43.8 Å². The van der Waals surface area contributed by atoms with E-state index in [-0.39, 0.29) is 50.5 Å². The van der Waals surface area contributed by atoms with Crippen LogP contribution in [0.5, 0.6) is 0 Å². The van der Waals surface area contributed by atoms with Crippen LogP contribution < -0.4 is 0 Å². The maximum atomic E-state index is 3.06. The first-order chi connectivity index (χ1) is 22.4. The molecule has 0 amide bonds. The number of hydrogen-bond acceptors (Lipinski definition) is 0. The van der Waals surface area contributed by atoms with Crippen LogP contribution in [0.15, 0.2) is 115 Å². The van der Waals surface area contributed by atoms with Gasteiger partial charge in [-0.05, 0) is 51.8 Å². The Balaban J connectivity index is 0.000000456. The van der Waals surface area contributed by atoms with Crippen LogP contribution in [0, 0.1) is 28.7 Å². The summed E-state index contributed by atoms with van der Waals surface area (Å²) >= 11 is 1.36. The fraction of sp³-hybridized carbons (Fsp3) is 0.277. The van der Waals surface area contributed by atoms with Gasteiger partial charge in [0.15, 0.2) is 0 Å². The minimum atomic E-state index is 0. The standard InChI is InChI=1S/C24H25.C21H23.2CH3.2ClH.Si.Zr/c1-24(2,3)21-13-11-18(12-14-21)22-10-6-9-19-15-20(16-23(19)22)17-7-4-5-8-17;1-14-12-19-15(2)6-11-18(20(19)13-14)16-7-9-17(10-8-16)21(3,4)5;;;;;;/h4-6,9-17H,7-8H2,1-3H3;6-13H,1-5H3;2*1H3;2*1H;;/q4*-1;;;;. The van der Waals surface area contributed by atoms with Crippen LogP contribution in [0.3, 0.4) is 0 Å². The van der Waals surface area contributed by atoms with E-state index in [4.69, 9.17) is 0 Å². The molecule has 6 aromatic carbocycles. The molecule has 7 rings (SSSR count). The van der Waals surface area contributed by atoms with Crippen LogP contribution in [-0.2, 0) is 34.2 Å². The van der Waals surface area contributed by atoms with Gasteiger partial charge in [-0.1, -0.05) is 139 Å². The molecule has 0 spiro atoms. The molecule has 0 nitrogen and oxygen atoms in total. The average Bonchev–Trinajstić information content (AvgIpc) is 3.82. The van der Waals surface area contributed by atoms with Crippen molar-refractivity contribution in [3.63, 3.8) is 0 Å². The Morgan fingerprint density at radius 3 is 1.59 bits per heavy atom. The van der Waals surface area contributed by atoms with Gasteiger partial charge in [-0.2, -0.15) is 12.1 Å². The summed E-state index contributed by atoms with van der Waals surface area (Å²) in [5.41, 5.74) is 12.7. The van der Waals surface area contributed by atoms with Crippen molar-refractivity contribution in [3.8, 4) is 22.3 Å².